The molecule has 1 heterocycles. The fraction of sp³-hybridized carbons (Fsp3) is 0.261. The largest absolute Gasteiger partial charge is 0.508 e. The second-order valence-electron chi connectivity index (χ2n) is 6.69. The summed E-state index contributed by atoms with van der Waals surface area (Å²) in [6.07, 6.45) is 1.79. The Hall–Kier alpha value is -2.59. The van der Waals surface area contributed by atoms with E-state index in [0.29, 0.717) is 25.9 Å². The van der Waals surface area contributed by atoms with E-state index in [2.05, 4.69) is 31.2 Å². The Morgan fingerprint density at radius 1 is 0.963 bits per heavy atom. The molecule has 3 nitrogen and oxygen atoms in total. The van der Waals surface area contributed by atoms with Gasteiger partial charge in [0.15, 0.2) is 0 Å². The molecule has 3 rings (SSSR count). The fourth-order valence-electron chi connectivity index (χ4n) is 3.08. The minimum absolute atomic E-state index is 0.125. The fourth-order valence-corrected chi connectivity index (χ4v) is 3.99. The zero-order valence-corrected chi connectivity index (χ0v) is 16.4. The molecule has 0 unspecified atom stereocenters. The van der Waals surface area contributed by atoms with Crippen molar-refractivity contribution in [3.63, 3.8) is 0 Å². The maximum Gasteiger partial charge on any atom is 0.223 e. The molecule has 4 heteroatoms. The van der Waals surface area contributed by atoms with E-state index in [-0.39, 0.29) is 11.7 Å². The van der Waals surface area contributed by atoms with Crippen LogP contribution < -0.4 is 0 Å². The number of phenols is 1. The van der Waals surface area contributed by atoms with Crippen molar-refractivity contribution in [3.8, 4) is 5.75 Å². The summed E-state index contributed by atoms with van der Waals surface area (Å²) in [6.45, 7) is 3.42. The van der Waals surface area contributed by atoms with Crippen LogP contribution in [0.1, 0.15) is 27.3 Å². The minimum atomic E-state index is 0.125. The molecule has 0 aliphatic heterocycles. The van der Waals surface area contributed by atoms with Crippen molar-refractivity contribution in [1.29, 1.82) is 0 Å². The SMILES string of the molecule is Cc1ccc(CN(CCc2ccccc2)C(=O)CCc2ccccc2O)s1. The number of hydrogen-bond donors (Lipinski definition) is 1. The number of nitrogens with zero attached hydrogens (tertiary/aromatic N) is 1. The zero-order chi connectivity index (χ0) is 19.1. The number of carbonyl (C=O) groups excluding carboxylic acids is 1. The summed E-state index contributed by atoms with van der Waals surface area (Å²) in [5.74, 6) is 0.384. The van der Waals surface area contributed by atoms with Crippen molar-refractivity contribution in [3.05, 3.63) is 87.6 Å². The number of aromatic hydroxyl groups is 1. The molecule has 0 aliphatic rings. The second-order valence-corrected chi connectivity index (χ2v) is 8.06. The van der Waals surface area contributed by atoms with Gasteiger partial charge in [-0.2, -0.15) is 0 Å². The lowest BCUT2D eigenvalue weighted by Gasteiger charge is -2.22. The molecule has 0 atom stereocenters. The summed E-state index contributed by atoms with van der Waals surface area (Å²) in [7, 11) is 0. The van der Waals surface area contributed by atoms with Gasteiger partial charge in [0.1, 0.15) is 5.75 Å². The monoisotopic (exact) mass is 379 g/mol. The van der Waals surface area contributed by atoms with Crippen LogP contribution in [0.2, 0.25) is 0 Å². The van der Waals surface area contributed by atoms with Gasteiger partial charge in [0.05, 0.1) is 6.54 Å². The normalized spacial score (nSPS) is 10.7. The predicted molar refractivity (Wildman–Crippen MR) is 111 cm³/mol. The standard InChI is InChI=1S/C23H25NO2S/c1-18-11-13-21(27-18)17-24(16-15-19-7-3-2-4-8-19)23(26)14-12-20-9-5-6-10-22(20)25/h2-11,13,25H,12,14-17H2,1H3. The van der Waals surface area contributed by atoms with Crippen molar-refractivity contribution in [2.45, 2.75) is 32.7 Å². The molecule has 1 amide bonds. The van der Waals surface area contributed by atoms with Crippen LogP contribution in [-0.2, 0) is 24.2 Å². The van der Waals surface area contributed by atoms with Gasteiger partial charge in [0.2, 0.25) is 5.91 Å². The number of rotatable bonds is 8. The van der Waals surface area contributed by atoms with Crippen LogP contribution in [-0.4, -0.2) is 22.5 Å². The van der Waals surface area contributed by atoms with E-state index < -0.39 is 0 Å². The van der Waals surface area contributed by atoms with E-state index in [1.807, 2.05) is 35.2 Å². The molecular weight excluding hydrogens is 354 g/mol. The summed E-state index contributed by atoms with van der Waals surface area (Å²) >= 11 is 1.74. The zero-order valence-electron chi connectivity index (χ0n) is 15.6. The molecule has 0 saturated carbocycles. The third-order valence-corrected chi connectivity index (χ3v) is 5.59. The highest BCUT2D eigenvalue weighted by Gasteiger charge is 2.16. The highest BCUT2D eigenvalue weighted by atomic mass is 32.1. The molecular formula is C23H25NO2S. The van der Waals surface area contributed by atoms with Crippen molar-refractivity contribution in [1.82, 2.24) is 4.90 Å². The molecule has 27 heavy (non-hydrogen) atoms. The van der Waals surface area contributed by atoms with Gasteiger partial charge in [0.25, 0.3) is 0 Å². The molecule has 140 valence electrons. The number of benzene rings is 2. The summed E-state index contributed by atoms with van der Waals surface area (Å²) in [5, 5.41) is 9.93. The number of phenolic OH excluding ortho intramolecular Hbond substituents is 1. The van der Waals surface area contributed by atoms with E-state index >= 15 is 0 Å². The topological polar surface area (TPSA) is 40.5 Å². The summed E-state index contributed by atoms with van der Waals surface area (Å²) < 4.78 is 0. The van der Waals surface area contributed by atoms with Gasteiger partial charge in [-0.05, 0) is 49.1 Å². The molecule has 1 N–H and O–H groups in total. The van der Waals surface area contributed by atoms with Gasteiger partial charge in [-0.25, -0.2) is 0 Å². The van der Waals surface area contributed by atoms with E-state index in [1.54, 1.807) is 23.5 Å². The average Bonchev–Trinajstić information content (AvgIpc) is 3.10. The number of amides is 1. The summed E-state index contributed by atoms with van der Waals surface area (Å²) in [6, 6.07) is 21.7. The number of aryl methyl sites for hydroxylation is 2. The van der Waals surface area contributed by atoms with Crippen LogP contribution in [0.15, 0.2) is 66.7 Å². The number of thiophene rings is 1. The van der Waals surface area contributed by atoms with E-state index in [9.17, 15) is 9.90 Å². The van der Waals surface area contributed by atoms with Crippen LogP contribution in [0.5, 0.6) is 5.75 Å². The third-order valence-electron chi connectivity index (χ3n) is 4.61. The predicted octanol–water partition coefficient (Wildman–Crippen LogP) is 4.97. The highest BCUT2D eigenvalue weighted by molar-refractivity contribution is 7.11. The maximum atomic E-state index is 12.9. The lowest BCUT2D eigenvalue weighted by Crippen LogP contribution is -2.32. The molecule has 3 aromatic rings. The molecule has 0 fully saturated rings. The van der Waals surface area contributed by atoms with Crippen LogP contribution in [0.4, 0.5) is 0 Å². The minimum Gasteiger partial charge on any atom is -0.508 e. The Labute approximate surface area is 164 Å². The van der Waals surface area contributed by atoms with Crippen molar-refractivity contribution in [2.24, 2.45) is 0 Å². The van der Waals surface area contributed by atoms with Gasteiger partial charge >= 0.3 is 0 Å². The Bertz CT molecular complexity index is 873. The summed E-state index contributed by atoms with van der Waals surface area (Å²) in [5.41, 5.74) is 2.05. The molecule has 0 spiro atoms. The molecule has 0 saturated heterocycles. The number of carbonyl (C=O) groups is 1. The third kappa shape index (κ3) is 5.69. The quantitative estimate of drug-likeness (QED) is 0.600. The van der Waals surface area contributed by atoms with Gasteiger partial charge in [-0.1, -0.05) is 48.5 Å². The summed E-state index contributed by atoms with van der Waals surface area (Å²) in [4.78, 5) is 17.3. The first-order valence-corrected chi connectivity index (χ1v) is 10.1. The van der Waals surface area contributed by atoms with Gasteiger partial charge < -0.3 is 10.0 Å². The van der Waals surface area contributed by atoms with Crippen molar-refractivity contribution >= 4 is 17.2 Å². The van der Waals surface area contributed by atoms with E-state index in [1.165, 1.54) is 15.3 Å². The molecule has 0 bridgehead atoms. The van der Waals surface area contributed by atoms with Gasteiger partial charge in [0, 0.05) is 22.7 Å². The Kier molecular flexibility index (Phi) is 6.66. The smallest absolute Gasteiger partial charge is 0.223 e. The average molecular weight is 380 g/mol. The van der Waals surface area contributed by atoms with Crippen molar-refractivity contribution < 1.29 is 9.90 Å². The molecule has 0 radical (unpaired) electrons. The number of para-hydroxylation sites is 1. The van der Waals surface area contributed by atoms with Crippen LogP contribution in [0.3, 0.4) is 0 Å². The Morgan fingerprint density at radius 3 is 2.41 bits per heavy atom. The second kappa shape index (κ2) is 9.38. The van der Waals surface area contributed by atoms with Crippen LogP contribution in [0, 0.1) is 6.92 Å². The van der Waals surface area contributed by atoms with Gasteiger partial charge in [-0.15, -0.1) is 11.3 Å². The highest BCUT2D eigenvalue weighted by Crippen LogP contribution is 2.20. The first kappa shape index (κ1) is 19.2. The van der Waals surface area contributed by atoms with Crippen molar-refractivity contribution in [2.75, 3.05) is 6.54 Å². The first-order chi connectivity index (χ1) is 13.1. The molecule has 2 aromatic carbocycles. The first-order valence-electron chi connectivity index (χ1n) is 9.25. The lowest BCUT2D eigenvalue weighted by atomic mass is 10.1. The van der Waals surface area contributed by atoms with E-state index in [0.717, 1.165) is 12.0 Å². The van der Waals surface area contributed by atoms with Crippen LogP contribution in [0.25, 0.3) is 0 Å². The van der Waals surface area contributed by atoms with Gasteiger partial charge in [-0.3, -0.25) is 4.79 Å². The Balaban J connectivity index is 1.65. The number of hydrogen-bond acceptors (Lipinski definition) is 3. The Morgan fingerprint density at radius 2 is 1.70 bits per heavy atom. The molecule has 0 aliphatic carbocycles. The van der Waals surface area contributed by atoms with E-state index in [4.69, 9.17) is 0 Å². The van der Waals surface area contributed by atoms with Crippen LogP contribution >= 0.6 is 11.3 Å². The maximum absolute atomic E-state index is 12.9. The molecule has 1 aromatic heterocycles. The lowest BCUT2D eigenvalue weighted by molar-refractivity contribution is -0.131.